The predicted molar refractivity (Wildman–Crippen MR) is 82.3 cm³/mol. The molecule has 0 saturated carbocycles. The molecule has 6 nitrogen and oxygen atoms in total. The smallest absolute Gasteiger partial charge is 0.319 e. The molecule has 0 amide bonds. The van der Waals surface area contributed by atoms with Crippen molar-refractivity contribution >= 4 is 32.9 Å². The zero-order valence-electron chi connectivity index (χ0n) is 11.3. The molecule has 0 aliphatic heterocycles. The highest BCUT2D eigenvalue weighted by Gasteiger charge is 2.22. The number of nitro benzene ring substituents is 1. The molecule has 3 N–H and O–H groups in total. The molecule has 0 saturated heterocycles. The summed E-state index contributed by atoms with van der Waals surface area (Å²) in [5.41, 5.74) is 8.34. The number of nitrogens with two attached hydrogens (primary N) is 1. The average molecular weight is 294 g/mol. The van der Waals surface area contributed by atoms with Gasteiger partial charge in [0.15, 0.2) is 5.52 Å². The lowest BCUT2D eigenvalue weighted by Crippen LogP contribution is -2.29. The van der Waals surface area contributed by atoms with E-state index in [0.717, 1.165) is 24.0 Å². The lowest BCUT2D eigenvalue weighted by Gasteiger charge is -2.17. The van der Waals surface area contributed by atoms with Crippen LogP contribution in [0.3, 0.4) is 0 Å². The Kier molecular flexibility index (Phi) is 4.86. The van der Waals surface area contributed by atoms with Gasteiger partial charge in [0.1, 0.15) is 5.69 Å². The molecule has 108 valence electrons. The molecule has 1 unspecified atom stereocenters. The van der Waals surface area contributed by atoms with Crippen LogP contribution in [-0.4, -0.2) is 22.5 Å². The van der Waals surface area contributed by atoms with Crippen molar-refractivity contribution in [1.82, 2.24) is 4.98 Å². The molecule has 2 aromatic rings. The van der Waals surface area contributed by atoms with E-state index in [-0.39, 0.29) is 16.7 Å². The van der Waals surface area contributed by atoms with Gasteiger partial charge < -0.3 is 11.1 Å². The van der Waals surface area contributed by atoms with Crippen LogP contribution in [0.1, 0.15) is 26.2 Å². The summed E-state index contributed by atoms with van der Waals surface area (Å²) in [5, 5.41) is 14.5. The Balaban J connectivity index is 2.32. The highest BCUT2D eigenvalue weighted by molar-refractivity contribution is 7.16. The summed E-state index contributed by atoms with van der Waals surface area (Å²) >= 11 is 1.40. The summed E-state index contributed by atoms with van der Waals surface area (Å²) in [4.78, 5) is 15.0. The van der Waals surface area contributed by atoms with Gasteiger partial charge in [-0.15, -0.1) is 11.3 Å². The number of fused-ring (bicyclic) bond motifs is 1. The molecule has 1 atom stereocenters. The van der Waals surface area contributed by atoms with Gasteiger partial charge in [-0.05, 0) is 18.6 Å². The second-order valence-corrected chi connectivity index (χ2v) is 5.52. The average Bonchev–Trinajstić information content (AvgIpc) is 2.90. The van der Waals surface area contributed by atoms with Crippen LogP contribution < -0.4 is 11.1 Å². The number of benzene rings is 1. The fraction of sp³-hybridized carbons (Fsp3) is 0.462. The summed E-state index contributed by atoms with van der Waals surface area (Å²) < 4.78 is 0.820. The molecule has 7 heteroatoms. The number of nitrogens with zero attached hydrogens (tertiary/aromatic N) is 2. The van der Waals surface area contributed by atoms with Crippen molar-refractivity contribution in [2.75, 3.05) is 11.9 Å². The van der Waals surface area contributed by atoms with Crippen molar-refractivity contribution in [3.8, 4) is 0 Å². The van der Waals surface area contributed by atoms with Crippen molar-refractivity contribution in [2.45, 2.75) is 32.2 Å². The quantitative estimate of drug-likeness (QED) is 0.604. The number of nitro groups is 1. The summed E-state index contributed by atoms with van der Waals surface area (Å²) in [6.07, 6.45) is 3.02. The molecule has 0 aliphatic rings. The van der Waals surface area contributed by atoms with E-state index in [4.69, 9.17) is 5.73 Å². The van der Waals surface area contributed by atoms with E-state index < -0.39 is 0 Å². The maximum atomic E-state index is 11.3. The molecule has 2 rings (SSSR count). The van der Waals surface area contributed by atoms with Crippen LogP contribution in [0.25, 0.3) is 10.2 Å². The van der Waals surface area contributed by atoms with Gasteiger partial charge in [0.25, 0.3) is 0 Å². The minimum atomic E-state index is -0.377. The number of nitrogens with one attached hydrogen (secondary N) is 1. The third-order valence-electron chi connectivity index (χ3n) is 3.21. The minimum Gasteiger partial charge on any atom is -0.375 e. The van der Waals surface area contributed by atoms with E-state index >= 15 is 0 Å². The van der Waals surface area contributed by atoms with Crippen molar-refractivity contribution in [1.29, 1.82) is 0 Å². The lowest BCUT2D eigenvalue weighted by molar-refractivity contribution is -0.382. The Morgan fingerprint density at radius 2 is 2.35 bits per heavy atom. The lowest BCUT2D eigenvalue weighted by atomic mass is 10.1. The minimum absolute atomic E-state index is 0.0405. The van der Waals surface area contributed by atoms with Crippen LogP contribution in [0.5, 0.6) is 0 Å². The Morgan fingerprint density at radius 1 is 1.55 bits per heavy atom. The van der Waals surface area contributed by atoms with Crippen LogP contribution in [0.2, 0.25) is 0 Å². The summed E-state index contributed by atoms with van der Waals surface area (Å²) in [6.45, 7) is 2.56. The van der Waals surface area contributed by atoms with Crippen LogP contribution in [0.15, 0.2) is 17.6 Å². The standard InChI is InChI=1S/C13H18N4O2S/c1-2-3-4-9(7-14)16-10-5-6-11-12(15-8-20-11)13(10)17(18)19/h5-6,8-9,16H,2-4,7,14H2,1H3. The molecular formula is C13H18N4O2S. The Bertz CT molecular complexity index is 599. The normalized spacial score (nSPS) is 12.5. The molecule has 20 heavy (non-hydrogen) atoms. The van der Waals surface area contributed by atoms with Crippen molar-refractivity contribution in [3.63, 3.8) is 0 Å². The Morgan fingerprint density at radius 3 is 3.00 bits per heavy atom. The first-order valence-corrected chi connectivity index (χ1v) is 7.52. The van der Waals surface area contributed by atoms with Crippen LogP contribution >= 0.6 is 11.3 Å². The van der Waals surface area contributed by atoms with E-state index in [1.54, 1.807) is 11.6 Å². The molecule has 0 radical (unpaired) electrons. The number of rotatable bonds is 7. The SMILES string of the molecule is CCCCC(CN)Nc1ccc2scnc2c1[N+](=O)[O-]. The van der Waals surface area contributed by atoms with Crippen LogP contribution in [-0.2, 0) is 0 Å². The molecule has 0 fully saturated rings. The number of hydrogen-bond acceptors (Lipinski definition) is 6. The monoisotopic (exact) mass is 294 g/mol. The van der Waals surface area contributed by atoms with E-state index in [9.17, 15) is 10.1 Å². The number of aromatic nitrogens is 1. The zero-order chi connectivity index (χ0) is 14.5. The number of anilines is 1. The van der Waals surface area contributed by atoms with Gasteiger partial charge in [0.2, 0.25) is 0 Å². The van der Waals surface area contributed by atoms with E-state index in [2.05, 4.69) is 17.2 Å². The highest BCUT2D eigenvalue weighted by atomic mass is 32.1. The van der Waals surface area contributed by atoms with Gasteiger partial charge in [-0.3, -0.25) is 10.1 Å². The van der Waals surface area contributed by atoms with E-state index in [1.165, 1.54) is 11.3 Å². The van der Waals surface area contributed by atoms with Gasteiger partial charge in [0.05, 0.1) is 15.1 Å². The van der Waals surface area contributed by atoms with Gasteiger partial charge in [-0.25, -0.2) is 4.98 Å². The van der Waals surface area contributed by atoms with Crippen LogP contribution in [0.4, 0.5) is 11.4 Å². The molecule has 1 heterocycles. The maximum Gasteiger partial charge on any atom is 0.319 e. The molecular weight excluding hydrogens is 276 g/mol. The number of hydrogen-bond donors (Lipinski definition) is 2. The fourth-order valence-corrected chi connectivity index (χ4v) is 2.82. The second-order valence-electron chi connectivity index (χ2n) is 4.64. The summed E-state index contributed by atoms with van der Waals surface area (Å²) in [5.74, 6) is 0. The third kappa shape index (κ3) is 3.05. The van der Waals surface area contributed by atoms with Crippen molar-refractivity contribution < 1.29 is 4.92 Å². The molecule has 0 aliphatic carbocycles. The molecule has 0 spiro atoms. The molecule has 1 aromatic carbocycles. The van der Waals surface area contributed by atoms with Gasteiger partial charge >= 0.3 is 5.69 Å². The first-order valence-electron chi connectivity index (χ1n) is 6.64. The predicted octanol–water partition coefficient (Wildman–Crippen LogP) is 3.13. The van der Waals surface area contributed by atoms with Gasteiger partial charge in [-0.1, -0.05) is 19.8 Å². The van der Waals surface area contributed by atoms with Crippen molar-refractivity contribution in [2.24, 2.45) is 5.73 Å². The summed E-state index contributed by atoms with van der Waals surface area (Å²) in [6, 6.07) is 3.65. The zero-order valence-corrected chi connectivity index (χ0v) is 12.2. The third-order valence-corrected chi connectivity index (χ3v) is 4.00. The fourth-order valence-electron chi connectivity index (χ4n) is 2.14. The number of thiazole rings is 1. The second kappa shape index (κ2) is 6.62. The first kappa shape index (κ1) is 14.7. The van der Waals surface area contributed by atoms with Crippen molar-refractivity contribution in [3.05, 3.63) is 27.8 Å². The Labute approximate surface area is 121 Å². The summed E-state index contributed by atoms with van der Waals surface area (Å²) in [7, 11) is 0. The Hall–Kier alpha value is -1.73. The van der Waals surface area contributed by atoms with Crippen LogP contribution in [0, 0.1) is 10.1 Å². The van der Waals surface area contributed by atoms with Gasteiger partial charge in [-0.2, -0.15) is 0 Å². The highest BCUT2D eigenvalue weighted by Crippen LogP contribution is 2.34. The maximum absolute atomic E-state index is 11.3. The largest absolute Gasteiger partial charge is 0.375 e. The van der Waals surface area contributed by atoms with E-state index in [1.807, 2.05) is 6.07 Å². The number of unbranched alkanes of at least 4 members (excludes halogenated alkanes) is 1. The topological polar surface area (TPSA) is 94.1 Å². The van der Waals surface area contributed by atoms with Gasteiger partial charge in [0, 0.05) is 12.6 Å². The van der Waals surface area contributed by atoms with E-state index in [0.29, 0.717) is 17.7 Å². The molecule has 0 bridgehead atoms. The molecule has 1 aromatic heterocycles. The first-order chi connectivity index (χ1) is 9.67.